The second kappa shape index (κ2) is 11.8. The van der Waals surface area contributed by atoms with Gasteiger partial charge in [-0.25, -0.2) is 0 Å². The van der Waals surface area contributed by atoms with Gasteiger partial charge in [0, 0.05) is 25.7 Å². The van der Waals surface area contributed by atoms with Gasteiger partial charge in [0.2, 0.25) is 0 Å². The summed E-state index contributed by atoms with van der Waals surface area (Å²) in [5, 5.41) is 16.8. The molecule has 1 atom stereocenters. The number of aliphatic hydroxyl groups is 1. The van der Waals surface area contributed by atoms with Gasteiger partial charge in [0.15, 0.2) is 5.96 Å². The smallest absolute Gasteiger partial charge is 0.191 e. The number of guanidine groups is 1. The second-order valence-corrected chi connectivity index (χ2v) is 7.24. The molecule has 1 fully saturated rings. The first kappa shape index (κ1) is 23.2. The van der Waals surface area contributed by atoms with E-state index in [2.05, 4.69) is 71.8 Å². The lowest BCUT2D eigenvalue weighted by molar-refractivity contribution is -0.0236. The minimum Gasteiger partial charge on any atom is -0.388 e. The molecule has 5 nitrogen and oxygen atoms in total. The molecular weight excluding hydrogens is 439 g/mol. The van der Waals surface area contributed by atoms with E-state index in [0.29, 0.717) is 12.6 Å². The van der Waals surface area contributed by atoms with Crippen LogP contribution in [0, 0.1) is 0 Å². The molecule has 2 rings (SSSR count). The Hall–Kier alpha value is -0.860. The number of halogens is 1. The largest absolute Gasteiger partial charge is 0.388 e. The molecule has 0 radical (unpaired) electrons. The van der Waals surface area contributed by atoms with Crippen molar-refractivity contribution in [3.05, 3.63) is 35.9 Å². The summed E-state index contributed by atoms with van der Waals surface area (Å²) < 4.78 is 0. The summed E-state index contributed by atoms with van der Waals surface area (Å²) in [6.07, 6.45) is 3.90. The predicted octanol–water partition coefficient (Wildman–Crippen LogP) is 2.99. The van der Waals surface area contributed by atoms with E-state index in [1.165, 1.54) is 5.56 Å². The molecule has 1 unspecified atom stereocenters. The number of hydrogen-bond acceptors (Lipinski definition) is 3. The van der Waals surface area contributed by atoms with E-state index < -0.39 is 5.60 Å². The van der Waals surface area contributed by atoms with Crippen LogP contribution in [0.15, 0.2) is 35.3 Å². The minimum absolute atomic E-state index is 0. The van der Waals surface area contributed by atoms with E-state index >= 15 is 0 Å². The molecule has 1 saturated carbocycles. The van der Waals surface area contributed by atoms with Gasteiger partial charge in [-0.2, -0.15) is 0 Å². The molecule has 6 heteroatoms. The third-order valence-electron chi connectivity index (χ3n) is 5.04. The summed E-state index contributed by atoms with van der Waals surface area (Å²) in [7, 11) is 2.17. The van der Waals surface area contributed by atoms with Crippen LogP contribution in [0.2, 0.25) is 0 Å². The van der Waals surface area contributed by atoms with Gasteiger partial charge in [0.25, 0.3) is 0 Å². The third kappa shape index (κ3) is 7.80. The first-order chi connectivity index (χ1) is 12.0. The summed E-state index contributed by atoms with van der Waals surface area (Å²) in [6, 6.07) is 11.0. The standard InChI is InChI=1S/C20H34N4O.HI/c1-4-21-19(23-16-20(25)12-8-13-20)22-14-11-17(2)24(3)15-18-9-6-5-7-10-18;/h5-7,9-10,17,25H,4,8,11-16H2,1-3H3,(H2,21,22,23);1H. The first-order valence-corrected chi connectivity index (χ1v) is 9.51. The number of nitrogens with one attached hydrogen (secondary N) is 2. The van der Waals surface area contributed by atoms with Crippen molar-refractivity contribution in [2.24, 2.45) is 4.99 Å². The zero-order valence-corrected chi connectivity index (χ0v) is 18.7. The van der Waals surface area contributed by atoms with Gasteiger partial charge in [-0.1, -0.05) is 30.3 Å². The maximum atomic E-state index is 10.2. The van der Waals surface area contributed by atoms with E-state index in [-0.39, 0.29) is 24.0 Å². The number of benzene rings is 1. The van der Waals surface area contributed by atoms with Crippen LogP contribution in [0.25, 0.3) is 0 Å². The molecule has 0 aliphatic heterocycles. The van der Waals surface area contributed by atoms with Crippen LogP contribution >= 0.6 is 24.0 Å². The van der Waals surface area contributed by atoms with Crippen molar-refractivity contribution in [2.45, 2.75) is 57.7 Å². The number of nitrogens with zero attached hydrogens (tertiary/aromatic N) is 2. The minimum atomic E-state index is -0.564. The molecule has 1 aliphatic rings. The molecule has 0 heterocycles. The molecule has 1 aromatic carbocycles. The molecule has 1 aromatic rings. The van der Waals surface area contributed by atoms with Crippen molar-refractivity contribution < 1.29 is 5.11 Å². The Bertz CT molecular complexity index is 534. The summed E-state index contributed by atoms with van der Waals surface area (Å²) >= 11 is 0. The zero-order valence-electron chi connectivity index (χ0n) is 16.4. The number of rotatable bonds is 9. The first-order valence-electron chi connectivity index (χ1n) is 9.51. The van der Waals surface area contributed by atoms with Crippen molar-refractivity contribution in [1.29, 1.82) is 0 Å². The molecule has 26 heavy (non-hydrogen) atoms. The summed E-state index contributed by atoms with van der Waals surface area (Å²) in [5.41, 5.74) is 0.777. The van der Waals surface area contributed by atoms with E-state index in [1.54, 1.807) is 0 Å². The van der Waals surface area contributed by atoms with Crippen molar-refractivity contribution in [3.8, 4) is 0 Å². The highest BCUT2D eigenvalue weighted by molar-refractivity contribution is 14.0. The fourth-order valence-corrected chi connectivity index (χ4v) is 2.96. The molecule has 148 valence electrons. The number of aliphatic imine (C=N–C) groups is 1. The van der Waals surface area contributed by atoms with Crippen LogP contribution < -0.4 is 10.6 Å². The Morgan fingerprint density at radius 1 is 1.27 bits per heavy atom. The fourth-order valence-electron chi connectivity index (χ4n) is 2.96. The Morgan fingerprint density at radius 3 is 2.54 bits per heavy atom. The van der Waals surface area contributed by atoms with E-state index in [4.69, 9.17) is 0 Å². The average molecular weight is 474 g/mol. The maximum Gasteiger partial charge on any atom is 0.191 e. The van der Waals surface area contributed by atoms with Crippen LogP contribution in [0.1, 0.15) is 45.1 Å². The molecule has 0 aromatic heterocycles. The van der Waals surface area contributed by atoms with E-state index in [1.807, 2.05) is 0 Å². The Balaban J connectivity index is 0.00000338. The Morgan fingerprint density at radius 2 is 1.96 bits per heavy atom. The Labute approximate surface area is 175 Å². The predicted molar refractivity (Wildman–Crippen MR) is 120 cm³/mol. The van der Waals surface area contributed by atoms with Gasteiger partial charge >= 0.3 is 0 Å². The highest BCUT2D eigenvalue weighted by Gasteiger charge is 2.34. The van der Waals surface area contributed by atoms with Crippen molar-refractivity contribution in [1.82, 2.24) is 15.5 Å². The second-order valence-electron chi connectivity index (χ2n) is 7.24. The monoisotopic (exact) mass is 474 g/mol. The lowest BCUT2D eigenvalue weighted by atomic mass is 9.80. The lowest BCUT2D eigenvalue weighted by Gasteiger charge is -2.35. The normalized spacial score (nSPS) is 17.2. The van der Waals surface area contributed by atoms with Gasteiger partial charge in [-0.15, -0.1) is 24.0 Å². The van der Waals surface area contributed by atoms with Crippen molar-refractivity contribution in [3.63, 3.8) is 0 Å². The van der Waals surface area contributed by atoms with Crippen molar-refractivity contribution in [2.75, 3.05) is 26.7 Å². The van der Waals surface area contributed by atoms with Crippen LogP contribution in [-0.4, -0.2) is 54.3 Å². The van der Waals surface area contributed by atoms with Gasteiger partial charge < -0.3 is 15.7 Å². The van der Waals surface area contributed by atoms with Crippen molar-refractivity contribution >= 4 is 29.9 Å². The molecule has 1 aliphatic carbocycles. The quantitative estimate of drug-likeness (QED) is 0.293. The van der Waals surface area contributed by atoms with Gasteiger partial charge in [0.05, 0.1) is 12.1 Å². The van der Waals surface area contributed by atoms with Crippen LogP contribution in [0.4, 0.5) is 0 Å². The molecule has 3 N–H and O–H groups in total. The molecule has 0 spiro atoms. The van der Waals surface area contributed by atoms with Crippen LogP contribution in [0.5, 0.6) is 0 Å². The maximum absolute atomic E-state index is 10.2. The topological polar surface area (TPSA) is 59.9 Å². The van der Waals surface area contributed by atoms with Gasteiger partial charge in [0.1, 0.15) is 0 Å². The molecular formula is C20H35IN4O. The summed E-state index contributed by atoms with van der Waals surface area (Å²) in [5.74, 6) is 0.806. The van der Waals surface area contributed by atoms with E-state index in [0.717, 1.165) is 51.3 Å². The molecule has 0 saturated heterocycles. The average Bonchev–Trinajstić information content (AvgIpc) is 2.58. The SMILES string of the molecule is CCNC(=NCC1(O)CCC1)NCCC(C)N(C)Cc1ccccc1.I. The van der Waals surface area contributed by atoms with Crippen LogP contribution in [0.3, 0.4) is 0 Å². The van der Waals surface area contributed by atoms with Gasteiger partial charge in [-0.05, 0) is 52.1 Å². The van der Waals surface area contributed by atoms with Gasteiger partial charge in [-0.3, -0.25) is 9.89 Å². The van der Waals surface area contributed by atoms with Crippen LogP contribution in [-0.2, 0) is 6.54 Å². The number of hydrogen-bond donors (Lipinski definition) is 3. The molecule has 0 amide bonds. The third-order valence-corrected chi connectivity index (χ3v) is 5.04. The highest BCUT2D eigenvalue weighted by Crippen LogP contribution is 2.31. The fraction of sp³-hybridized carbons (Fsp3) is 0.650. The zero-order chi connectivity index (χ0) is 18.1. The van der Waals surface area contributed by atoms with E-state index in [9.17, 15) is 5.11 Å². The lowest BCUT2D eigenvalue weighted by Crippen LogP contribution is -2.44. The molecule has 0 bridgehead atoms. The summed E-state index contributed by atoms with van der Waals surface area (Å²) in [4.78, 5) is 6.92. The summed E-state index contributed by atoms with van der Waals surface area (Å²) in [6.45, 7) is 7.46. The Kier molecular flexibility index (Phi) is 10.5. The highest BCUT2D eigenvalue weighted by atomic mass is 127.